The molecule has 1 aromatic carbocycles. The molecule has 8 heteroatoms. The second-order valence-electron chi connectivity index (χ2n) is 6.73. The van der Waals surface area contributed by atoms with Crippen LogP contribution in [-0.4, -0.2) is 30.9 Å². The fourth-order valence-corrected chi connectivity index (χ4v) is 2.46. The van der Waals surface area contributed by atoms with Crippen LogP contribution in [0.4, 0.5) is 0 Å². The van der Waals surface area contributed by atoms with Gasteiger partial charge in [-0.15, -0.1) is 0 Å². The summed E-state index contributed by atoms with van der Waals surface area (Å²) in [5.74, 6) is 0.0991. The quantitative estimate of drug-likeness (QED) is 0.669. The standard InChI is InChI=1S/C17H20N6O2/c1-17(2,3)14-12(10-23(22-14)11-7-5-4-6-8-11)15(24)18-9-13-19-16(25)21-20-13/h4-8,10H,9H2,1-3H3,(H,18,24)(H2,19,20,21,25). The van der Waals surface area contributed by atoms with Gasteiger partial charge in [-0.25, -0.2) is 14.6 Å². The lowest BCUT2D eigenvalue weighted by atomic mass is 9.89. The zero-order valence-corrected chi connectivity index (χ0v) is 14.3. The molecule has 3 N–H and O–H groups in total. The molecule has 0 aliphatic rings. The molecule has 2 aromatic heterocycles. The number of carbonyl (C=O) groups excluding carboxylic acids is 1. The monoisotopic (exact) mass is 340 g/mol. The summed E-state index contributed by atoms with van der Waals surface area (Å²) < 4.78 is 1.70. The molecule has 0 saturated heterocycles. The molecular formula is C17H20N6O2. The summed E-state index contributed by atoms with van der Waals surface area (Å²) in [6.07, 6.45) is 1.72. The van der Waals surface area contributed by atoms with Crippen LogP contribution in [0.2, 0.25) is 0 Å². The fourth-order valence-electron chi connectivity index (χ4n) is 2.46. The fraction of sp³-hybridized carbons (Fsp3) is 0.294. The largest absolute Gasteiger partial charge is 0.345 e. The van der Waals surface area contributed by atoms with Crippen LogP contribution in [0.3, 0.4) is 0 Å². The number of aromatic nitrogens is 5. The van der Waals surface area contributed by atoms with E-state index in [0.29, 0.717) is 17.1 Å². The maximum absolute atomic E-state index is 12.6. The van der Waals surface area contributed by atoms with Crippen molar-refractivity contribution in [3.63, 3.8) is 0 Å². The SMILES string of the molecule is CC(C)(C)c1nn(-c2ccccc2)cc1C(=O)NCc1n[nH]c(=O)[nH]1. The highest BCUT2D eigenvalue weighted by molar-refractivity contribution is 5.95. The summed E-state index contributed by atoms with van der Waals surface area (Å²) in [4.78, 5) is 26.2. The second kappa shape index (κ2) is 6.39. The molecule has 0 atom stereocenters. The van der Waals surface area contributed by atoms with E-state index >= 15 is 0 Å². The number of nitrogens with one attached hydrogen (secondary N) is 3. The van der Waals surface area contributed by atoms with E-state index < -0.39 is 5.69 Å². The summed E-state index contributed by atoms with van der Waals surface area (Å²) in [6, 6.07) is 9.62. The van der Waals surface area contributed by atoms with E-state index in [1.54, 1.807) is 10.9 Å². The molecule has 0 aliphatic heterocycles. The average Bonchev–Trinajstić information content (AvgIpc) is 3.19. The Kier molecular flexibility index (Phi) is 4.26. The normalized spacial score (nSPS) is 11.5. The van der Waals surface area contributed by atoms with Crippen molar-refractivity contribution in [1.82, 2.24) is 30.3 Å². The zero-order valence-electron chi connectivity index (χ0n) is 14.3. The molecular weight excluding hydrogens is 320 g/mol. The van der Waals surface area contributed by atoms with Gasteiger partial charge in [-0.2, -0.15) is 10.2 Å². The van der Waals surface area contributed by atoms with Crippen LogP contribution >= 0.6 is 0 Å². The maximum Gasteiger partial charge on any atom is 0.340 e. The van der Waals surface area contributed by atoms with Crippen molar-refractivity contribution >= 4 is 5.91 Å². The summed E-state index contributed by atoms with van der Waals surface area (Å²) >= 11 is 0. The Hall–Kier alpha value is -3.16. The van der Waals surface area contributed by atoms with Gasteiger partial charge in [0.25, 0.3) is 5.91 Å². The number of hydrogen-bond acceptors (Lipinski definition) is 4. The highest BCUT2D eigenvalue weighted by Crippen LogP contribution is 2.25. The van der Waals surface area contributed by atoms with Gasteiger partial charge in [-0.3, -0.25) is 9.78 Å². The number of aromatic amines is 2. The first-order valence-corrected chi connectivity index (χ1v) is 7.92. The highest BCUT2D eigenvalue weighted by Gasteiger charge is 2.26. The van der Waals surface area contributed by atoms with Crippen LogP contribution in [0.5, 0.6) is 0 Å². The molecule has 25 heavy (non-hydrogen) atoms. The van der Waals surface area contributed by atoms with Crippen molar-refractivity contribution in [3.8, 4) is 5.69 Å². The molecule has 0 saturated carbocycles. The Morgan fingerprint density at radius 1 is 1.24 bits per heavy atom. The average molecular weight is 340 g/mol. The predicted octanol–water partition coefficient (Wildman–Crippen LogP) is 1.51. The second-order valence-corrected chi connectivity index (χ2v) is 6.73. The van der Waals surface area contributed by atoms with Gasteiger partial charge in [-0.05, 0) is 12.1 Å². The number of carbonyl (C=O) groups is 1. The third-order valence-corrected chi connectivity index (χ3v) is 3.66. The molecule has 0 radical (unpaired) electrons. The number of amides is 1. The Morgan fingerprint density at radius 2 is 1.96 bits per heavy atom. The molecule has 3 rings (SSSR count). The van der Waals surface area contributed by atoms with Gasteiger partial charge in [0.2, 0.25) is 0 Å². The molecule has 0 unspecified atom stereocenters. The van der Waals surface area contributed by atoms with E-state index in [2.05, 4.69) is 25.6 Å². The minimum Gasteiger partial charge on any atom is -0.345 e. The molecule has 3 aromatic rings. The van der Waals surface area contributed by atoms with E-state index in [-0.39, 0.29) is 17.9 Å². The van der Waals surface area contributed by atoms with Crippen molar-refractivity contribution < 1.29 is 4.79 Å². The lowest BCUT2D eigenvalue weighted by Gasteiger charge is -2.17. The zero-order chi connectivity index (χ0) is 18.0. The number of nitrogens with zero attached hydrogens (tertiary/aromatic N) is 3. The lowest BCUT2D eigenvalue weighted by Crippen LogP contribution is -2.26. The Labute approximate surface area is 144 Å². The van der Waals surface area contributed by atoms with Crippen LogP contribution < -0.4 is 11.0 Å². The van der Waals surface area contributed by atoms with Gasteiger partial charge < -0.3 is 5.32 Å². The van der Waals surface area contributed by atoms with Gasteiger partial charge in [0.15, 0.2) is 0 Å². The molecule has 0 aliphatic carbocycles. The first-order valence-electron chi connectivity index (χ1n) is 7.92. The first-order chi connectivity index (χ1) is 11.8. The van der Waals surface area contributed by atoms with Crippen molar-refractivity contribution in [2.75, 3.05) is 0 Å². The van der Waals surface area contributed by atoms with Crippen molar-refractivity contribution in [3.05, 3.63) is 64.1 Å². The first kappa shape index (κ1) is 16.7. The van der Waals surface area contributed by atoms with E-state index in [1.807, 2.05) is 51.1 Å². The smallest absolute Gasteiger partial charge is 0.340 e. The predicted molar refractivity (Wildman–Crippen MR) is 92.6 cm³/mol. The van der Waals surface area contributed by atoms with Gasteiger partial charge in [0, 0.05) is 11.6 Å². The minimum absolute atomic E-state index is 0.123. The molecule has 0 bridgehead atoms. The number of H-pyrrole nitrogens is 2. The van der Waals surface area contributed by atoms with Crippen LogP contribution in [0.15, 0.2) is 41.3 Å². The Bertz CT molecular complexity index is 930. The van der Waals surface area contributed by atoms with Gasteiger partial charge in [-0.1, -0.05) is 39.0 Å². The number of rotatable bonds is 4. The van der Waals surface area contributed by atoms with E-state index in [1.165, 1.54) is 0 Å². The number of hydrogen-bond donors (Lipinski definition) is 3. The van der Waals surface area contributed by atoms with E-state index in [9.17, 15) is 9.59 Å². The Morgan fingerprint density at radius 3 is 2.56 bits per heavy atom. The molecule has 130 valence electrons. The lowest BCUT2D eigenvalue weighted by molar-refractivity contribution is 0.0947. The topological polar surface area (TPSA) is 108 Å². The Balaban J connectivity index is 1.89. The van der Waals surface area contributed by atoms with E-state index in [0.717, 1.165) is 5.69 Å². The minimum atomic E-state index is -0.406. The number of benzene rings is 1. The summed E-state index contributed by atoms with van der Waals surface area (Å²) in [5.41, 5.74) is 1.37. The highest BCUT2D eigenvalue weighted by atomic mass is 16.2. The third kappa shape index (κ3) is 3.68. The number of para-hydroxylation sites is 1. The molecule has 0 spiro atoms. The molecule has 1 amide bonds. The van der Waals surface area contributed by atoms with Gasteiger partial charge in [0.05, 0.1) is 23.5 Å². The summed E-state index contributed by atoms with van der Waals surface area (Å²) in [5, 5.41) is 13.4. The van der Waals surface area contributed by atoms with Crippen LogP contribution in [0.25, 0.3) is 5.69 Å². The summed E-state index contributed by atoms with van der Waals surface area (Å²) in [6.45, 7) is 6.14. The van der Waals surface area contributed by atoms with Gasteiger partial charge in [0.1, 0.15) is 5.82 Å². The molecule has 0 fully saturated rings. The molecule has 8 nitrogen and oxygen atoms in total. The van der Waals surface area contributed by atoms with Crippen LogP contribution in [0, 0.1) is 0 Å². The summed E-state index contributed by atoms with van der Waals surface area (Å²) in [7, 11) is 0. The maximum atomic E-state index is 12.6. The molecule has 2 heterocycles. The van der Waals surface area contributed by atoms with Crippen molar-refractivity contribution in [2.24, 2.45) is 0 Å². The van der Waals surface area contributed by atoms with Crippen LogP contribution in [-0.2, 0) is 12.0 Å². The van der Waals surface area contributed by atoms with Crippen molar-refractivity contribution in [2.45, 2.75) is 32.7 Å². The van der Waals surface area contributed by atoms with Gasteiger partial charge >= 0.3 is 5.69 Å². The van der Waals surface area contributed by atoms with Crippen molar-refractivity contribution in [1.29, 1.82) is 0 Å². The van der Waals surface area contributed by atoms with Crippen LogP contribution in [0.1, 0.15) is 42.6 Å². The van der Waals surface area contributed by atoms with E-state index in [4.69, 9.17) is 0 Å². The third-order valence-electron chi connectivity index (χ3n) is 3.66.